The van der Waals surface area contributed by atoms with Gasteiger partial charge in [-0.3, -0.25) is 4.98 Å². The molecule has 0 spiro atoms. The van der Waals surface area contributed by atoms with Crippen LogP contribution in [0, 0.1) is 3.57 Å². The topological polar surface area (TPSA) is 39.2 Å². The standard InChI is InChI=1S/C12H7BrINO2/c13-9-5-8(6-15-7-9)12(16)17-11-3-1-10(14)2-4-11/h1-7H. The highest BCUT2D eigenvalue weighted by Crippen LogP contribution is 2.16. The number of esters is 1. The van der Waals surface area contributed by atoms with E-state index in [0.29, 0.717) is 11.3 Å². The zero-order valence-electron chi connectivity index (χ0n) is 8.56. The van der Waals surface area contributed by atoms with Crippen LogP contribution in [0.25, 0.3) is 0 Å². The van der Waals surface area contributed by atoms with E-state index in [-0.39, 0.29) is 0 Å². The number of halogens is 2. The van der Waals surface area contributed by atoms with E-state index in [9.17, 15) is 4.79 Å². The fourth-order valence-electron chi connectivity index (χ4n) is 1.19. The molecule has 5 heteroatoms. The van der Waals surface area contributed by atoms with Crippen LogP contribution in [0.2, 0.25) is 0 Å². The molecule has 0 unspecified atom stereocenters. The Bertz CT molecular complexity index is 542. The van der Waals surface area contributed by atoms with Crippen molar-refractivity contribution in [3.8, 4) is 5.75 Å². The molecule has 3 nitrogen and oxygen atoms in total. The molecule has 0 radical (unpaired) electrons. The quantitative estimate of drug-likeness (QED) is 0.436. The van der Waals surface area contributed by atoms with E-state index in [1.165, 1.54) is 6.20 Å². The zero-order valence-corrected chi connectivity index (χ0v) is 12.3. The molecule has 2 rings (SSSR count). The van der Waals surface area contributed by atoms with Crippen molar-refractivity contribution in [2.24, 2.45) is 0 Å². The summed E-state index contributed by atoms with van der Waals surface area (Å²) in [4.78, 5) is 15.7. The Morgan fingerprint density at radius 3 is 2.59 bits per heavy atom. The number of nitrogens with zero attached hydrogens (tertiary/aromatic N) is 1. The van der Waals surface area contributed by atoms with Gasteiger partial charge in [0.2, 0.25) is 0 Å². The van der Waals surface area contributed by atoms with Gasteiger partial charge in [-0.25, -0.2) is 4.79 Å². The second kappa shape index (κ2) is 5.59. The Labute approximate surface area is 120 Å². The first-order valence-corrected chi connectivity index (χ1v) is 6.60. The smallest absolute Gasteiger partial charge is 0.345 e. The first-order chi connectivity index (χ1) is 8.15. The summed E-state index contributed by atoms with van der Waals surface area (Å²) in [5.74, 6) is 0.107. The summed E-state index contributed by atoms with van der Waals surface area (Å²) in [6, 6.07) is 8.93. The highest BCUT2D eigenvalue weighted by Gasteiger charge is 2.09. The van der Waals surface area contributed by atoms with Gasteiger partial charge in [-0.15, -0.1) is 0 Å². The predicted octanol–water partition coefficient (Wildman–Crippen LogP) is 3.67. The molecule has 1 aromatic heterocycles. The van der Waals surface area contributed by atoms with Crippen molar-refractivity contribution < 1.29 is 9.53 Å². The SMILES string of the molecule is O=C(Oc1ccc(I)cc1)c1cncc(Br)c1. The number of hydrogen-bond acceptors (Lipinski definition) is 3. The van der Waals surface area contributed by atoms with Gasteiger partial charge in [-0.1, -0.05) is 0 Å². The maximum absolute atomic E-state index is 11.8. The molecule has 17 heavy (non-hydrogen) atoms. The van der Waals surface area contributed by atoms with Crippen molar-refractivity contribution >= 4 is 44.5 Å². The van der Waals surface area contributed by atoms with Gasteiger partial charge in [0.25, 0.3) is 0 Å². The predicted molar refractivity (Wildman–Crippen MR) is 76.1 cm³/mol. The molecular formula is C12H7BrINO2. The van der Waals surface area contributed by atoms with Crippen molar-refractivity contribution in [2.75, 3.05) is 0 Å². The van der Waals surface area contributed by atoms with Crippen molar-refractivity contribution in [1.29, 1.82) is 0 Å². The average molecular weight is 404 g/mol. The number of aromatic nitrogens is 1. The monoisotopic (exact) mass is 403 g/mol. The number of pyridine rings is 1. The Morgan fingerprint density at radius 1 is 1.24 bits per heavy atom. The lowest BCUT2D eigenvalue weighted by atomic mass is 10.3. The molecule has 0 aliphatic rings. The molecular weight excluding hydrogens is 397 g/mol. The van der Waals surface area contributed by atoms with Crippen LogP contribution in [0.1, 0.15) is 10.4 Å². The van der Waals surface area contributed by atoms with E-state index in [1.54, 1.807) is 24.4 Å². The third-order valence-electron chi connectivity index (χ3n) is 1.96. The Morgan fingerprint density at radius 2 is 1.94 bits per heavy atom. The highest BCUT2D eigenvalue weighted by atomic mass is 127. The summed E-state index contributed by atoms with van der Waals surface area (Å²) in [6.45, 7) is 0. The number of carbonyl (C=O) groups is 1. The van der Waals surface area contributed by atoms with Crippen LogP contribution in [0.15, 0.2) is 47.2 Å². The fraction of sp³-hybridized carbons (Fsp3) is 0. The number of benzene rings is 1. The molecule has 2 aromatic rings. The highest BCUT2D eigenvalue weighted by molar-refractivity contribution is 14.1. The first kappa shape index (κ1) is 12.5. The number of ether oxygens (including phenoxy) is 1. The van der Waals surface area contributed by atoms with E-state index in [0.717, 1.165) is 8.04 Å². The normalized spacial score (nSPS) is 10.0. The molecule has 0 fully saturated rings. The van der Waals surface area contributed by atoms with E-state index >= 15 is 0 Å². The molecule has 86 valence electrons. The lowest BCUT2D eigenvalue weighted by molar-refractivity contribution is 0.0734. The minimum atomic E-state index is -0.417. The van der Waals surface area contributed by atoms with Crippen molar-refractivity contribution in [3.63, 3.8) is 0 Å². The van der Waals surface area contributed by atoms with Crippen LogP contribution in [0.5, 0.6) is 5.75 Å². The van der Waals surface area contributed by atoms with Crippen LogP contribution >= 0.6 is 38.5 Å². The van der Waals surface area contributed by atoms with E-state index < -0.39 is 5.97 Å². The van der Waals surface area contributed by atoms with Crippen LogP contribution in [0.3, 0.4) is 0 Å². The van der Waals surface area contributed by atoms with Crippen molar-refractivity contribution in [3.05, 3.63) is 56.3 Å². The molecule has 0 N–H and O–H groups in total. The minimum absolute atomic E-state index is 0.415. The number of hydrogen-bond donors (Lipinski definition) is 0. The Kier molecular flexibility index (Phi) is 4.11. The molecule has 1 heterocycles. The zero-order chi connectivity index (χ0) is 12.3. The first-order valence-electron chi connectivity index (χ1n) is 4.73. The van der Waals surface area contributed by atoms with E-state index in [2.05, 4.69) is 43.5 Å². The second-order valence-corrected chi connectivity index (χ2v) is 5.40. The van der Waals surface area contributed by atoms with Gasteiger partial charge < -0.3 is 4.74 Å². The maximum Gasteiger partial charge on any atom is 0.345 e. The fourth-order valence-corrected chi connectivity index (χ4v) is 1.92. The molecule has 0 atom stereocenters. The largest absolute Gasteiger partial charge is 0.423 e. The van der Waals surface area contributed by atoms with Crippen LogP contribution in [0.4, 0.5) is 0 Å². The molecule has 0 saturated carbocycles. The van der Waals surface area contributed by atoms with E-state index in [1.807, 2.05) is 12.1 Å². The van der Waals surface area contributed by atoms with Gasteiger partial charge in [0.15, 0.2) is 0 Å². The average Bonchev–Trinajstić information content (AvgIpc) is 2.32. The van der Waals surface area contributed by atoms with Gasteiger partial charge >= 0.3 is 5.97 Å². The third kappa shape index (κ3) is 3.50. The van der Waals surface area contributed by atoms with Gasteiger partial charge in [0, 0.05) is 20.4 Å². The van der Waals surface area contributed by atoms with Crippen molar-refractivity contribution in [2.45, 2.75) is 0 Å². The number of carbonyl (C=O) groups excluding carboxylic acids is 1. The lowest BCUT2D eigenvalue weighted by Crippen LogP contribution is -2.08. The van der Waals surface area contributed by atoms with Gasteiger partial charge in [0.1, 0.15) is 5.75 Å². The minimum Gasteiger partial charge on any atom is -0.423 e. The Balaban J connectivity index is 2.14. The summed E-state index contributed by atoms with van der Waals surface area (Å²) < 4.78 is 7.04. The summed E-state index contributed by atoms with van der Waals surface area (Å²) in [5, 5.41) is 0. The van der Waals surface area contributed by atoms with Crippen LogP contribution < -0.4 is 4.74 Å². The van der Waals surface area contributed by atoms with Gasteiger partial charge in [-0.05, 0) is 68.9 Å². The van der Waals surface area contributed by atoms with Gasteiger partial charge in [0.05, 0.1) is 5.56 Å². The summed E-state index contributed by atoms with van der Waals surface area (Å²) in [5.41, 5.74) is 0.415. The van der Waals surface area contributed by atoms with Gasteiger partial charge in [-0.2, -0.15) is 0 Å². The summed E-state index contributed by atoms with van der Waals surface area (Å²) in [6.07, 6.45) is 3.08. The molecule has 1 aromatic carbocycles. The summed E-state index contributed by atoms with van der Waals surface area (Å²) in [7, 11) is 0. The molecule has 0 aliphatic carbocycles. The van der Waals surface area contributed by atoms with Crippen LogP contribution in [-0.2, 0) is 0 Å². The third-order valence-corrected chi connectivity index (χ3v) is 3.12. The lowest BCUT2D eigenvalue weighted by Gasteiger charge is -2.04. The maximum atomic E-state index is 11.8. The Hall–Kier alpha value is -0.950. The molecule has 0 saturated heterocycles. The number of rotatable bonds is 2. The second-order valence-electron chi connectivity index (χ2n) is 3.24. The molecule has 0 bridgehead atoms. The summed E-state index contributed by atoms with van der Waals surface area (Å²) >= 11 is 5.44. The van der Waals surface area contributed by atoms with E-state index in [4.69, 9.17) is 4.74 Å². The molecule has 0 aliphatic heterocycles. The molecule has 0 amide bonds. The van der Waals surface area contributed by atoms with Crippen molar-refractivity contribution in [1.82, 2.24) is 4.98 Å². The van der Waals surface area contributed by atoms with Crippen LogP contribution in [-0.4, -0.2) is 11.0 Å².